The molecule has 0 aromatic rings. The first-order valence-electron chi connectivity index (χ1n) is 6.31. The van der Waals surface area contributed by atoms with Crippen LogP contribution in [0.25, 0.3) is 0 Å². The predicted octanol–water partition coefficient (Wildman–Crippen LogP) is 0.0303. The van der Waals surface area contributed by atoms with E-state index in [1.54, 1.807) is 18.9 Å². The number of carbonyl (C=O) groups excluding carboxylic acids is 1. The van der Waals surface area contributed by atoms with E-state index in [0.29, 0.717) is 45.7 Å². The van der Waals surface area contributed by atoms with E-state index < -0.39 is 12.0 Å². The monoisotopic (exact) mass is 258 g/mol. The van der Waals surface area contributed by atoms with Crippen LogP contribution in [0.15, 0.2) is 0 Å². The molecule has 1 amide bonds. The number of amides is 1. The zero-order valence-corrected chi connectivity index (χ0v) is 11.1. The van der Waals surface area contributed by atoms with Crippen LogP contribution in [0.5, 0.6) is 0 Å². The number of carbonyl (C=O) groups is 2. The fourth-order valence-corrected chi connectivity index (χ4v) is 1.83. The minimum Gasteiger partial charge on any atom is -0.480 e. The maximum Gasteiger partial charge on any atom is 0.320 e. The summed E-state index contributed by atoms with van der Waals surface area (Å²) in [5.74, 6) is -0.702. The maximum absolute atomic E-state index is 11.8. The number of carboxylic acid groups (broad SMARTS) is 1. The molecule has 1 fully saturated rings. The Balaban J connectivity index is 2.20. The first-order valence-corrected chi connectivity index (χ1v) is 6.31. The van der Waals surface area contributed by atoms with Crippen LogP contribution >= 0.6 is 0 Å². The van der Waals surface area contributed by atoms with Crippen molar-refractivity contribution in [3.05, 3.63) is 0 Å². The quantitative estimate of drug-likeness (QED) is 0.728. The number of likely N-dealkylation sites (N-methyl/N-ethyl adjacent to an activating group) is 1. The van der Waals surface area contributed by atoms with Crippen LogP contribution in [0.4, 0.5) is 0 Å². The van der Waals surface area contributed by atoms with Crippen LogP contribution in [0.1, 0.15) is 19.8 Å². The third-order valence-corrected chi connectivity index (χ3v) is 3.28. The molecule has 6 nitrogen and oxygen atoms in total. The van der Waals surface area contributed by atoms with Gasteiger partial charge in [-0.2, -0.15) is 0 Å². The second kappa shape index (κ2) is 7.33. The summed E-state index contributed by atoms with van der Waals surface area (Å²) in [6.45, 7) is 4.82. The van der Waals surface area contributed by atoms with E-state index in [4.69, 9.17) is 9.84 Å². The fourth-order valence-electron chi connectivity index (χ4n) is 1.83. The molecule has 0 radical (unpaired) electrons. The second-order valence-electron chi connectivity index (χ2n) is 4.59. The summed E-state index contributed by atoms with van der Waals surface area (Å²) in [5.41, 5.74) is 0. The summed E-state index contributed by atoms with van der Waals surface area (Å²) in [7, 11) is 1.76. The number of ether oxygens (including phenoxy) is 1. The van der Waals surface area contributed by atoms with Gasteiger partial charge in [0.05, 0.1) is 13.2 Å². The average molecular weight is 258 g/mol. The Kier molecular flexibility index (Phi) is 6.07. The van der Waals surface area contributed by atoms with Crippen LogP contribution in [0.3, 0.4) is 0 Å². The number of carboxylic acids is 1. The molecule has 1 heterocycles. The van der Waals surface area contributed by atoms with Crippen LogP contribution in [-0.2, 0) is 14.3 Å². The van der Waals surface area contributed by atoms with Crippen molar-refractivity contribution < 1.29 is 19.4 Å². The topological polar surface area (TPSA) is 70.1 Å². The van der Waals surface area contributed by atoms with Gasteiger partial charge >= 0.3 is 5.97 Å². The van der Waals surface area contributed by atoms with Crippen molar-refractivity contribution >= 4 is 11.9 Å². The lowest BCUT2D eigenvalue weighted by molar-refractivity contribution is -0.142. The molecule has 0 spiro atoms. The summed E-state index contributed by atoms with van der Waals surface area (Å²) in [4.78, 5) is 26.1. The molecule has 6 heteroatoms. The van der Waals surface area contributed by atoms with E-state index in [0.717, 1.165) is 0 Å². The summed E-state index contributed by atoms with van der Waals surface area (Å²) < 4.78 is 5.18. The van der Waals surface area contributed by atoms with Gasteiger partial charge in [-0.25, -0.2) is 0 Å². The lowest BCUT2D eigenvalue weighted by Gasteiger charge is -2.27. The highest BCUT2D eigenvalue weighted by Gasteiger charge is 2.19. The number of hydrogen-bond donors (Lipinski definition) is 1. The van der Waals surface area contributed by atoms with Gasteiger partial charge in [0.1, 0.15) is 6.04 Å². The number of morpholine rings is 1. The molecule has 18 heavy (non-hydrogen) atoms. The molecule has 1 aliphatic heterocycles. The Morgan fingerprint density at radius 1 is 1.39 bits per heavy atom. The summed E-state index contributed by atoms with van der Waals surface area (Å²) in [5, 5.41) is 8.83. The van der Waals surface area contributed by atoms with E-state index in [-0.39, 0.29) is 5.91 Å². The molecule has 0 saturated carbocycles. The minimum atomic E-state index is -0.836. The van der Waals surface area contributed by atoms with E-state index in [9.17, 15) is 9.59 Å². The van der Waals surface area contributed by atoms with Crippen LogP contribution in [-0.4, -0.2) is 72.7 Å². The van der Waals surface area contributed by atoms with E-state index in [1.165, 1.54) is 0 Å². The van der Waals surface area contributed by atoms with Crippen molar-refractivity contribution in [1.82, 2.24) is 9.80 Å². The van der Waals surface area contributed by atoms with Gasteiger partial charge in [-0.05, 0) is 26.9 Å². The smallest absolute Gasteiger partial charge is 0.320 e. The molecule has 1 saturated heterocycles. The number of rotatable bonds is 6. The first kappa shape index (κ1) is 14.9. The van der Waals surface area contributed by atoms with Gasteiger partial charge in [0, 0.05) is 19.5 Å². The Morgan fingerprint density at radius 3 is 2.56 bits per heavy atom. The van der Waals surface area contributed by atoms with E-state index in [2.05, 4.69) is 0 Å². The van der Waals surface area contributed by atoms with E-state index >= 15 is 0 Å². The predicted molar refractivity (Wildman–Crippen MR) is 66.4 cm³/mol. The molecule has 1 aliphatic rings. The van der Waals surface area contributed by atoms with Crippen molar-refractivity contribution in [1.29, 1.82) is 0 Å². The maximum atomic E-state index is 11.8. The first-order chi connectivity index (χ1) is 8.52. The van der Waals surface area contributed by atoms with Crippen molar-refractivity contribution in [3.63, 3.8) is 0 Å². The zero-order valence-electron chi connectivity index (χ0n) is 11.1. The lowest BCUT2D eigenvalue weighted by atomic mass is 10.2. The van der Waals surface area contributed by atoms with Gasteiger partial charge in [-0.3, -0.25) is 14.5 Å². The molecule has 1 atom stereocenters. The number of hydrogen-bond acceptors (Lipinski definition) is 4. The third-order valence-electron chi connectivity index (χ3n) is 3.28. The fraction of sp³-hybridized carbons (Fsp3) is 0.833. The molecule has 104 valence electrons. The summed E-state index contributed by atoms with van der Waals surface area (Å²) >= 11 is 0. The molecule has 0 bridgehead atoms. The number of aliphatic carboxylic acids is 1. The Hall–Kier alpha value is -1.14. The minimum absolute atomic E-state index is 0.134. The lowest BCUT2D eigenvalue weighted by Crippen LogP contribution is -2.41. The molecular formula is C12H22N2O4. The molecular weight excluding hydrogens is 236 g/mol. The van der Waals surface area contributed by atoms with Crippen molar-refractivity contribution in [2.75, 3.05) is 39.9 Å². The zero-order chi connectivity index (χ0) is 13.5. The third kappa shape index (κ3) is 4.62. The van der Waals surface area contributed by atoms with Crippen LogP contribution < -0.4 is 0 Å². The van der Waals surface area contributed by atoms with Gasteiger partial charge in [-0.15, -0.1) is 0 Å². The highest BCUT2D eigenvalue weighted by Crippen LogP contribution is 2.04. The molecule has 1 unspecified atom stereocenters. The molecule has 1 N–H and O–H groups in total. The highest BCUT2D eigenvalue weighted by atomic mass is 16.5. The SMILES string of the molecule is CC(C(=O)O)N(C)CCCC(=O)N1CCOCC1. The van der Waals surface area contributed by atoms with Crippen molar-refractivity contribution in [2.45, 2.75) is 25.8 Å². The second-order valence-corrected chi connectivity index (χ2v) is 4.59. The highest BCUT2D eigenvalue weighted by molar-refractivity contribution is 5.76. The van der Waals surface area contributed by atoms with E-state index in [1.807, 2.05) is 4.90 Å². The van der Waals surface area contributed by atoms with Crippen molar-refractivity contribution in [3.8, 4) is 0 Å². The Bertz CT molecular complexity index is 290. The largest absolute Gasteiger partial charge is 0.480 e. The Morgan fingerprint density at radius 2 is 2.00 bits per heavy atom. The van der Waals surface area contributed by atoms with Gasteiger partial charge in [-0.1, -0.05) is 0 Å². The normalized spacial score (nSPS) is 17.8. The average Bonchev–Trinajstić information content (AvgIpc) is 2.38. The Labute approximate surface area is 107 Å². The molecule has 0 aromatic heterocycles. The van der Waals surface area contributed by atoms with Crippen molar-refractivity contribution in [2.24, 2.45) is 0 Å². The summed E-state index contributed by atoms with van der Waals surface area (Å²) in [6.07, 6.45) is 1.15. The van der Waals surface area contributed by atoms with Gasteiger partial charge in [0.25, 0.3) is 0 Å². The molecule has 0 aliphatic carbocycles. The van der Waals surface area contributed by atoms with Crippen LogP contribution in [0, 0.1) is 0 Å². The van der Waals surface area contributed by atoms with Gasteiger partial charge < -0.3 is 14.7 Å². The standard InChI is InChI=1S/C12H22N2O4/c1-10(12(16)17)13(2)5-3-4-11(15)14-6-8-18-9-7-14/h10H,3-9H2,1-2H3,(H,16,17). The number of nitrogens with zero attached hydrogens (tertiary/aromatic N) is 2. The molecule has 0 aromatic carbocycles. The molecule has 1 rings (SSSR count). The van der Waals surface area contributed by atoms with Gasteiger partial charge in [0.15, 0.2) is 0 Å². The summed E-state index contributed by atoms with van der Waals surface area (Å²) in [6, 6.07) is -0.511. The van der Waals surface area contributed by atoms with Crippen LogP contribution in [0.2, 0.25) is 0 Å². The van der Waals surface area contributed by atoms with Gasteiger partial charge in [0.2, 0.25) is 5.91 Å².